The zero-order valence-electron chi connectivity index (χ0n) is 18.1. The van der Waals surface area contributed by atoms with Crippen LogP contribution in [0.3, 0.4) is 0 Å². The van der Waals surface area contributed by atoms with Gasteiger partial charge in [0.2, 0.25) is 5.91 Å². The number of carbonyl (C=O) groups is 2. The lowest BCUT2D eigenvalue weighted by molar-refractivity contribution is -0.122. The number of para-hydroxylation sites is 2. The van der Waals surface area contributed by atoms with E-state index < -0.39 is 0 Å². The van der Waals surface area contributed by atoms with Gasteiger partial charge in [0.15, 0.2) is 0 Å². The standard InChI is InChI=1S/C23H30N6O2/c1-16(2)14-19(22-28-17-8-5-6-9-18(17)29-22)27-21(30)10-4-3-7-11-26-23(31)20-15-24-12-13-25-20/h5-6,8-9,12-13,15-16,19H,3-4,7,10-11,14H2,1-2H3,(H,26,31)(H,27,30)(H,28,29)/t19-/m0/s1. The Kier molecular flexibility index (Phi) is 8.09. The fraction of sp³-hybridized carbons (Fsp3) is 0.435. The maximum atomic E-state index is 12.5. The molecule has 0 bridgehead atoms. The van der Waals surface area contributed by atoms with E-state index in [4.69, 9.17) is 0 Å². The second kappa shape index (κ2) is 11.2. The summed E-state index contributed by atoms with van der Waals surface area (Å²) in [6.45, 7) is 4.82. The van der Waals surface area contributed by atoms with Gasteiger partial charge in [-0.3, -0.25) is 14.6 Å². The number of nitrogens with zero attached hydrogens (tertiary/aromatic N) is 3. The highest BCUT2D eigenvalue weighted by atomic mass is 16.2. The van der Waals surface area contributed by atoms with E-state index in [-0.39, 0.29) is 17.9 Å². The van der Waals surface area contributed by atoms with E-state index in [0.29, 0.717) is 24.6 Å². The first kappa shape index (κ1) is 22.4. The van der Waals surface area contributed by atoms with Crippen LogP contribution in [0.4, 0.5) is 0 Å². The highest BCUT2D eigenvalue weighted by Crippen LogP contribution is 2.22. The number of unbranched alkanes of at least 4 members (excludes halogenated alkanes) is 2. The van der Waals surface area contributed by atoms with Crippen LogP contribution < -0.4 is 10.6 Å². The summed E-state index contributed by atoms with van der Waals surface area (Å²) in [6, 6.07) is 7.75. The Labute approximate surface area is 182 Å². The Hall–Kier alpha value is -3.29. The van der Waals surface area contributed by atoms with Crippen LogP contribution in [0.2, 0.25) is 0 Å². The first-order chi connectivity index (χ1) is 15.0. The molecular formula is C23H30N6O2. The van der Waals surface area contributed by atoms with Gasteiger partial charge in [-0.15, -0.1) is 0 Å². The lowest BCUT2D eigenvalue weighted by Crippen LogP contribution is -2.30. The van der Waals surface area contributed by atoms with Gasteiger partial charge < -0.3 is 15.6 Å². The summed E-state index contributed by atoms with van der Waals surface area (Å²) >= 11 is 0. The summed E-state index contributed by atoms with van der Waals surface area (Å²) < 4.78 is 0. The van der Waals surface area contributed by atoms with Gasteiger partial charge in [0.05, 0.1) is 23.3 Å². The van der Waals surface area contributed by atoms with Crippen LogP contribution in [0.25, 0.3) is 11.0 Å². The summed E-state index contributed by atoms with van der Waals surface area (Å²) in [5.74, 6) is 1.02. The van der Waals surface area contributed by atoms with Crippen molar-refractivity contribution in [3.05, 3.63) is 54.4 Å². The summed E-state index contributed by atoms with van der Waals surface area (Å²) in [7, 11) is 0. The largest absolute Gasteiger partial charge is 0.351 e. The second-order valence-electron chi connectivity index (χ2n) is 8.05. The van der Waals surface area contributed by atoms with Crippen molar-refractivity contribution in [1.82, 2.24) is 30.6 Å². The molecule has 164 valence electrons. The van der Waals surface area contributed by atoms with Crippen LogP contribution in [-0.4, -0.2) is 38.3 Å². The fourth-order valence-electron chi connectivity index (χ4n) is 3.41. The van der Waals surface area contributed by atoms with Gasteiger partial charge in [0.1, 0.15) is 11.5 Å². The van der Waals surface area contributed by atoms with Gasteiger partial charge >= 0.3 is 0 Å². The SMILES string of the molecule is CC(C)C[C@H](NC(=O)CCCCCNC(=O)c1cnccn1)c1nc2ccccc2[nH]1. The van der Waals surface area contributed by atoms with Crippen molar-refractivity contribution in [2.24, 2.45) is 5.92 Å². The van der Waals surface area contributed by atoms with Crippen molar-refractivity contribution in [3.63, 3.8) is 0 Å². The third-order valence-corrected chi connectivity index (χ3v) is 4.94. The van der Waals surface area contributed by atoms with Gasteiger partial charge in [-0.2, -0.15) is 0 Å². The minimum Gasteiger partial charge on any atom is -0.351 e. The van der Waals surface area contributed by atoms with Crippen molar-refractivity contribution in [1.29, 1.82) is 0 Å². The van der Waals surface area contributed by atoms with E-state index in [1.54, 1.807) is 0 Å². The van der Waals surface area contributed by atoms with Crippen molar-refractivity contribution in [2.45, 2.75) is 52.0 Å². The summed E-state index contributed by atoms with van der Waals surface area (Å²) in [6.07, 6.45) is 8.16. The zero-order valence-corrected chi connectivity index (χ0v) is 18.1. The van der Waals surface area contributed by atoms with E-state index in [1.807, 2.05) is 24.3 Å². The molecule has 3 rings (SSSR count). The van der Waals surface area contributed by atoms with Crippen LogP contribution >= 0.6 is 0 Å². The number of benzene rings is 1. The fourth-order valence-corrected chi connectivity index (χ4v) is 3.41. The van der Waals surface area contributed by atoms with E-state index in [1.165, 1.54) is 18.6 Å². The van der Waals surface area contributed by atoms with E-state index in [2.05, 4.69) is 44.4 Å². The molecule has 0 aliphatic heterocycles. The number of hydrogen-bond donors (Lipinski definition) is 3. The topological polar surface area (TPSA) is 113 Å². The Morgan fingerprint density at radius 2 is 1.94 bits per heavy atom. The summed E-state index contributed by atoms with van der Waals surface area (Å²) in [5, 5.41) is 5.96. The molecule has 0 unspecified atom stereocenters. The van der Waals surface area contributed by atoms with Crippen LogP contribution in [-0.2, 0) is 4.79 Å². The molecule has 2 amide bonds. The van der Waals surface area contributed by atoms with Gasteiger partial charge in [0.25, 0.3) is 5.91 Å². The molecule has 8 nitrogen and oxygen atoms in total. The minimum atomic E-state index is -0.229. The van der Waals surface area contributed by atoms with Crippen LogP contribution in [0.5, 0.6) is 0 Å². The third kappa shape index (κ3) is 6.87. The van der Waals surface area contributed by atoms with Crippen LogP contribution in [0.15, 0.2) is 42.9 Å². The number of hydrogen-bond acceptors (Lipinski definition) is 5. The molecule has 0 fully saturated rings. The van der Waals surface area contributed by atoms with Crippen LogP contribution in [0, 0.1) is 5.92 Å². The smallest absolute Gasteiger partial charge is 0.271 e. The number of rotatable bonds is 11. The predicted molar refractivity (Wildman–Crippen MR) is 119 cm³/mol. The highest BCUT2D eigenvalue weighted by molar-refractivity contribution is 5.91. The molecule has 8 heteroatoms. The molecule has 0 saturated carbocycles. The number of aromatic nitrogens is 4. The molecule has 3 aromatic rings. The van der Waals surface area contributed by atoms with Crippen molar-refractivity contribution >= 4 is 22.8 Å². The molecule has 0 radical (unpaired) electrons. The Morgan fingerprint density at radius 1 is 1.10 bits per heavy atom. The molecule has 2 heterocycles. The number of amides is 2. The lowest BCUT2D eigenvalue weighted by Gasteiger charge is -2.18. The molecule has 1 atom stereocenters. The zero-order chi connectivity index (χ0) is 22.1. The highest BCUT2D eigenvalue weighted by Gasteiger charge is 2.19. The third-order valence-electron chi connectivity index (χ3n) is 4.94. The van der Waals surface area contributed by atoms with Crippen molar-refractivity contribution in [3.8, 4) is 0 Å². The van der Waals surface area contributed by atoms with Gasteiger partial charge in [-0.05, 0) is 37.3 Å². The lowest BCUT2D eigenvalue weighted by atomic mass is 10.0. The predicted octanol–water partition coefficient (Wildman–Crippen LogP) is 3.55. The Balaban J connectivity index is 1.41. The molecule has 0 aliphatic carbocycles. The average Bonchev–Trinajstić information content (AvgIpc) is 3.20. The average molecular weight is 423 g/mol. The number of H-pyrrole nitrogens is 1. The van der Waals surface area contributed by atoms with Gasteiger partial charge in [-0.1, -0.05) is 32.4 Å². The summed E-state index contributed by atoms with van der Waals surface area (Å²) in [5.41, 5.74) is 2.19. The minimum absolute atomic E-state index is 0.0229. The molecule has 3 N–H and O–H groups in total. The first-order valence-electron chi connectivity index (χ1n) is 10.8. The second-order valence-corrected chi connectivity index (χ2v) is 8.05. The molecule has 0 saturated heterocycles. The molecular weight excluding hydrogens is 392 g/mol. The molecule has 2 aromatic heterocycles. The van der Waals surface area contributed by atoms with Crippen molar-refractivity contribution in [2.75, 3.05) is 6.54 Å². The number of fused-ring (bicyclic) bond motifs is 1. The van der Waals surface area contributed by atoms with E-state index in [0.717, 1.165) is 42.5 Å². The number of aromatic amines is 1. The molecule has 1 aromatic carbocycles. The Bertz CT molecular complexity index is 953. The maximum Gasteiger partial charge on any atom is 0.271 e. The van der Waals surface area contributed by atoms with Crippen molar-refractivity contribution < 1.29 is 9.59 Å². The quantitative estimate of drug-likeness (QED) is 0.409. The number of carbonyl (C=O) groups excluding carboxylic acids is 2. The Morgan fingerprint density at radius 3 is 2.68 bits per heavy atom. The van der Waals surface area contributed by atoms with Gasteiger partial charge in [0, 0.05) is 25.4 Å². The van der Waals surface area contributed by atoms with E-state index >= 15 is 0 Å². The van der Waals surface area contributed by atoms with E-state index in [9.17, 15) is 9.59 Å². The number of imidazole rings is 1. The monoisotopic (exact) mass is 422 g/mol. The molecule has 31 heavy (non-hydrogen) atoms. The maximum absolute atomic E-state index is 12.5. The molecule has 0 aliphatic rings. The molecule has 0 spiro atoms. The summed E-state index contributed by atoms with van der Waals surface area (Å²) in [4.78, 5) is 40.3. The first-order valence-corrected chi connectivity index (χ1v) is 10.8. The van der Waals surface area contributed by atoms with Crippen LogP contribution in [0.1, 0.15) is 68.3 Å². The number of nitrogens with one attached hydrogen (secondary N) is 3. The van der Waals surface area contributed by atoms with Gasteiger partial charge in [-0.25, -0.2) is 9.97 Å². The normalized spacial score (nSPS) is 12.1.